The van der Waals surface area contributed by atoms with Crippen molar-refractivity contribution in [3.63, 3.8) is 0 Å². The van der Waals surface area contributed by atoms with Gasteiger partial charge in [0.05, 0.1) is 5.56 Å². The summed E-state index contributed by atoms with van der Waals surface area (Å²) in [5, 5.41) is 13.5. The zero-order valence-electron chi connectivity index (χ0n) is 17.3. The third-order valence-corrected chi connectivity index (χ3v) is 6.02. The van der Waals surface area contributed by atoms with Crippen molar-refractivity contribution in [3.05, 3.63) is 65.7 Å². The molecule has 33 heavy (non-hydrogen) atoms. The first-order valence-electron chi connectivity index (χ1n) is 10.4. The van der Waals surface area contributed by atoms with Crippen LogP contribution in [0.5, 0.6) is 0 Å². The van der Waals surface area contributed by atoms with E-state index in [1.165, 1.54) is 16.9 Å². The van der Waals surface area contributed by atoms with E-state index in [1.54, 1.807) is 29.3 Å². The molecular weight excluding hydrogens is 435 g/mol. The number of aromatic nitrogens is 4. The minimum atomic E-state index is -4.45. The van der Waals surface area contributed by atoms with Crippen molar-refractivity contribution in [2.24, 2.45) is 0 Å². The highest BCUT2D eigenvalue weighted by Crippen LogP contribution is 2.37. The van der Waals surface area contributed by atoms with E-state index in [0.717, 1.165) is 25.0 Å². The van der Waals surface area contributed by atoms with Gasteiger partial charge in [-0.25, -0.2) is 14.6 Å². The molecule has 2 aliphatic rings. The fourth-order valence-corrected chi connectivity index (χ4v) is 4.58. The van der Waals surface area contributed by atoms with Gasteiger partial charge >= 0.3 is 6.18 Å². The molecule has 5 heterocycles. The molecule has 0 N–H and O–H groups in total. The molecule has 2 unspecified atom stereocenters. The summed E-state index contributed by atoms with van der Waals surface area (Å²) in [6, 6.07) is 10.3. The summed E-state index contributed by atoms with van der Waals surface area (Å²) in [4.78, 5) is 25.4. The van der Waals surface area contributed by atoms with Crippen molar-refractivity contribution >= 4 is 11.7 Å². The highest BCUT2D eigenvalue weighted by molar-refractivity contribution is 5.93. The van der Waals surface area contributed by atoms with Gasteiger partial charge in [-0.2, -0.15) is 23.5 Å². The van der Waals surface area contributed by atoms with E-state index in [4.69, 9.17) is 0 Å². The first kappa shape index (κ1) is 20.9. The number of hydrogen-bond acceptors (Lipinski definition) is 6. The van der Waals surface area contributed by atoms with Crippen LogP contribution in [0, 0.1) is 11.3 Å². The number of fused-ring (bicyclic) bond motifs is 2. The Morgan fingerprint density at radius 2 is 1.76 bits per heavy atom. The molecule has 5 rings (SSSR count). The lowest BCUT2D eigenvalue weighted by Gasteiger charge is -2.41. The first-order chi connectivity index (χ1) is 15.8. The van der Waals surface area contributed by atoms with E-state index in [0.29, 0.717) is 18.9 Å². The minimum absolute atomic E-state index is 0.0961. The largest absolute Gasteiger partial charge is 0.416 e. The summed E-state index contributed by atoms with van der Waals surface area (Å²) in [7, 11) is 0. The molecule has 8 nitrogen and oxygen atoms in total. The van der Waals surface area contributed by atoms with Gasteiger partial charge < -0.3 is 9.80 Å². The molecule has 2 fully saturated rings. The fourth-order valence-electron chi connectivity index (χ4n) is 4.58. The molecule has 0 radical (unpaired) electrons. The average molecular weight is 453 g/mol. The van der Waals surface area contributed by atoms with Crippen molar-refractivity contribution in [2.75, 3.05) is 18.0 Å². The van der Waals surface area contributed by atoms with Crippen LogP contribution in [0.15, 0.2) is 48.8 Å². The molecule has 1 amide bonds. The molecule has 2 aliphatic heterocycles. The number of nitrogens with zero attached hydrogens (tertiary/aromatic N) is 7. The van der Waals surface area contributed by atoms with E-state index in [9.17, 15) is 23.2 Å². The molecule has 3 aromatic rings. The smallest absolute Gasteiger partial charge is 0.347 e. The van der Waals surface area contributed by atoms with Crippen LogP contribution in [0.25, 0.3) is 5.82 Å². The van der Waals surface area contributed by atoms with Gasteiger partial charge in [-0.3, -0.25) is 4.79 Å². The standard InChI is InChI=1S/C22H18F3N7O/c23-22(24,25)14-6-8-28-20(9-14)31-16-4-5-17(31)13-30(12-16)21(33)18-10-15(11-26)29-32(18)19-3-1-2-7-27-19/h1-3,6-10,16-17H,4-5,12-13H2. The number of likely N-dealkylation sites (tertiary alicyclic amines) is 1. The molecule has 2 atom stereocenters. The predicted octanol–water partition coefficient (Wildman–Crippen LogP) is 3.05. The van der Waals surface area contributed by atoms with Crippen molar-refractivity contribution in [2.45, 2.75) is 31.1 Å². The van der Waals surface area contributed by atoms with Gasteiger partial charge in [0, 0.05) is 43.6 Å². The number of nitriles is 1. The van der Waals surface area contributed by atoms with E-state index in [-0.39, 0.29) is 35.2 Å². The number of amides is 1. The Balaban J connectivity index is 1.41. The second kappa shape index (κ2) is 7.88. The topological polar surface area (TPSA) is 90.9 Å². The molecule has 2 bridgehead atoms. The van der Waals surface area contributed by atoms with Gasteiger partial charge in [-0.1, -0.05) is 6.07 Å². The second-order valence-electron chi connectivity index (χ2n) is 8.03. The summed E-state index contributed by atoms with van der Waals surface area (Å²) >= 11 is 0. The molecule has 0 aromatic carbocycles. The first-order valence-corrected chi connectivity index (χ1v) is 10.4. The molecule has 0 spiro atoms. The number of alkyl halides is 3. The van der Waals surface area contributed by atoms with Crippen LogP contribution < -0.4 is 4.90 Å². The maximum Gasteiger partial charge on any atom is 0.416 e. The number of hydrogen-bond donors (Lipinski definition) is 0. The van der Waals surface area contributed by atoms with Gasteiger partial charge in [-0.15, -0.1) is 0 Å². The monoisotopic (exact) mass is 453 g/mol. The number of halogens is 3. The number of pyridine rings is 2. The molecule has 0 saturated carbocycles. The SMILES string of the molecule is N#Cc1cc(C(=O)N2CC3CCC(C2)N3c2cc(C(F)(F)F)ccn2)n(-c2ccccn2)n1. The number of carbonyl (C=O) groups excluding carboxylic acids is 1. The third kappa shape index (κ3) is 3.77. The van der Waals surface area contributed by atoms with Crippen LogP contribution in [0.1, 0.15) is 34.6 Å². The van der Waals surface area contributed by atoms with Gasteiger partial charge in [-0.05, 0) is 37.1 Å². The molecule has 0 aliphatic carbocycles. The van der Waals surface area contributed by atoms with Gasteiger partial charge in [0.25, 0.3) is 5.91 Å². The quantitative estimate of drug-likeness (QED) is 0.606. The number of piperazine rings is 1. The predicted molar refractivity (Wildman–Crippen MR) is 111 cm³/mol. The van der Waals surface area contributed by atoms with E-state index in [2.05, 4.69) is 15.1 Å². The Labute approximate surface area is 186 Å². The molecule has 11 heteroatoms. The number of anilines is 1. The van der Waals surface area contributed by atoms with E-state index >= 15 is 0 Å². The fraction of sp³-hybridized carbons (Fsp3) is 0.318. The molecule has 2 saturated heterocycles. The Bertz CT molecular complexity index is 1220. The Morgan fingerprint density at radius 3 is 2.39 bits per heavy atom. The summed E-state index contributed by atoms with van der Waals surface area (Å²) in [5.74, 6) is 0.384. The number of carbonyl (C=O) groups is 1. The Morgan fingerprint density at radius 1 is 1.03 bits per heavy atom. The summed E-state index contributed by atoms with van der Waals surface area (Å²) < 4.78 is 40.9. The highest BCUT2D eigenvalue weighted by Gasteiger charge is 2.43. The number of rotatable bonds is 3. The van der Waals surface area contributed by atoms with Crippen LogP contribution in [-0.2, 0) is 6.18 Å². The normalized spacial score (nSPS) is 20.1. The van der Waals surface area contributed by atoms with Gasteiger partial charge in [0.2, 0.25) is 0 Å². The van der Waals surface area contributed by atoms with Crippen LogP contribution in [0.3, 0.4) is 0 Å². The van der Waals surface area contributed by atoms with Crippen molar-refractivity contribution in [1.82, 2.24) is 24.6 Å². The maximum absolute atomic E-state index is 13.4. The lowest BCUT2D eigenvalue weighted by Crippen LogP contribution is -2.56. The highest BCUT2D eigenvalue weighted by atomic mass is 19.4. The average Bonchev–Trinajstić information content (AvgIpc) is 3.37. The maximum atomic E-state index is 13.4. The van der Waals surface area contributed by atoms with E-state index in [1.807, 2.05) is 11.0 Å². The summed E-state index contributed by atoms with van der Waals surface area (Å²) in [6.07, 6.45) is -0.218. The molecule has 168 valence electrons. The molecular formula is C22H18F3N7O. The zero-order valence-corrected chi connectivity index (χ0v) is 17.3. The summed E-state index contributed by atoms with van der Waals surface area (Å²) in [6.45, 7) is 0.672. The van der Waals surface area contributed by atoms with Crippen molar-refractivity contribution < 1.29 is 18.0 Å². The van der Waals surface area contributed by atoms with Crippen LogP contribution >= 0.6 is 0 Å². The van der Waals surface area contributed by atoms with Crippen LogP contribution in [0.4, 0.5) is 19.0 Å². The Hall–Kier alpha value is -3.94. The van der Waals surface area contributed by atoms with Gasteiger partial charge in [0.15, 0.2) is 11.5 Å². The second-order valence-corrected chi connectivity index (χ2v) is 8.03. The third-order valence-electron chi connectivity index (χ3n) is 6.02. The van der Waals surface area contributed by atoms with Gasteiger partial charge in [0.1, 0.15) is 17.6 Å². The molecule has 3 aromatic heterocycles. The lowest BCUT2D eigenvalue weighted by molar-refractivity contribution is -0.137. The minimum Gasteiger partial charge on any atom is -0.347 e. The summed E-state index contributed by atoms with van der Waals surface area (Å²) in [5.41, 5.74) is -0.428. The van der Waals surface area contributed by atoms with Crippen molar-refractivity contribution in [1.29, 1.82) is 5.26 Å². The van der Waals surface area contributed by atoms with E-state index < -0.39 is 11.7 Å². The van der Waals surface area contributed by atoms with Crippen molar-refractivity contribution in [3.8, 4) is 11.9 Å². The Kier molecular flexibility index (Phi) is 5.00. The van der Waals surface area contributed by atoms with Crippen LogP contribution in [0.2, 0.25) is 0 Å². The lowest BCUT2D eigenvalue weighted by atomic mass is 10.1. The van der Waals surface area contributed by atoms with Crippen LogP contribution in [-0.4, -0.2) is 55.7 Å². The zero-order chi connectivity index (χ0) is 23.2.